The average molecular weight is 776 g/mol. The first-order chi connectivity index (χ1) is 16.1. The third kappa shape index (κ3) is 16.8. The van der Waals surface area contributed by atoms with Gasteiger partial charge in [0.2, 0.25) is 0 Å². The van der Waals surface area contributed by atoms with Crippen LogP contribution in [0.5, 0.6) is 0 Å². The number of carboxylic acids is 6. The molecule has 0 aliphatic heterocycles. The molecule has 0 N–H and O–H groups in total. The maximum atomic E-state index is 12.0. The van der Waals surface area contributed by atoms with Crippen LogP contribution in [0.1, 0.15) is 0 Å². The van der Waals surface area contributed by atoms with Gasteiger partial charge in [-0.15, -0.1) is 0 Å². The third-order valence-electron chi connectivity index (χ3n) is 2.46. The minimum atomic E-state index is -3.43. The molecular formula is C15H3F9In2O12. The van der Waals surface area contributed by atoms with Gasteiger partial charge in [-0.1, -0.05) is 0 Å². The number of carbonyl (C=O) groups is 6. The molecule has 0 aliphatic carbocycles. The van der Waals surface area contributed by atoms with Crippen molar-refractivity contribution in [2.24, 2.45) is 0 Å². The summed E-state index contributed by atoms with van der Waals surface area (Å²) in [5.74, 6) is -31.1. The van der Waals surface area contributed by atoms with Crippen molar-refractivity contribution < 1.29 is 98.9 Å². The SMILES string of the molecule is O=C([O-])C(F)=C(F)C(F)C(=O)[O-].O=C([O-])C(F)=C(F)C(F)C(=O)[O-].O=C([O-])C(F)=C(F)C(F)C(=O)[O-].[In+3].[In+3]. The number of carbonyl (C=O) groups excluding carboxylic acids is 6. The maximum Gasteiger partial charge on any atom is 3.00 e. The number of rotatable bonds is 9. The van der Waals surface area contributed by atoms with Crippen LogP contribution in [0.2, 0.25) is 0 Å². The van der Waals surface area contributed by atoms with Crippen LogP contribution in [-0.4, -0.2) is 106 Å². The molecule has 0 heterocycles. The summed E-state index contributed by atoms with van der Waals surface area (Å²) < 4.78 is 107. The van der Waals surface area contributed by atoms with Crippen LogP contribution in [-0.2, 0) is 28.8 Å². The number of alkyl halides is 3. The molecule has 0 rings (SSSR count). The van der Waals surface area contributed by atoms with Gasteiger partial charge >= 0.3 is 51.7 Å². The van der Waals surface area contributed by atoms with Gasteiger partial charge < -0.3 is 59.4 Å². The Bertz CT molecular complexity index is 876. The zero-order chi connectivity index (χ0) is 29.7. The molecule has 0 saturated carbocycles. The average Bonchev–Trinajstić information content (AvgIpc) is 2.79. The summed E-state index contributed by atoms with van der Waals surface area (Å²) in [6, 6.07) is 0. The number of hydrogen-bond donors (Lipinski definition) is 0. The zero-order valence-corrected chi connectivity index (χ0v) is 23.8. The summed E-state index contributed by atoms with van der Waals surface area (Å²) in [7, 11) is 0. The van der Waals surface area contributed by atoms with E-state index in [1.54, 1.807) is 0 Å². The van der Waals surface area contributed by atoms with E-state index in [-0.39, 0.29) is 51.7 Å². The molecule has 0 aromatic carbocycles. The van der Waals surface area contributed by atoms with E-state index in [0.29, 0.717) is 0 Å². The molecule has 0 aromatic rings. The van der Waals surface area contributed by atoms with E-state index in [1.165, 1.54) is 0 Å². The summed E-state index contributed by atoms with van der Waals surface area (Å²) in [5.41, 5.74) is 0. The van der Waals surface area contributed by atoms with Gasteiger partial charge in [-0.3, -0.25) is 0 Å². The van der Waals surface area contributed by atoms with Gasteiger partial charge in [-0.05, 0) is 0 Å². The first kappa shape index (κ1) is 45.1. The molecule has 0 fully saturated rings. The monoisotopic (exact) mass is 776 g/mol. The molecule has 204 valence electrons. The van der Waals surface area contributed by atoms with Gasteiger partial charge in [0.05, 0.1) is 17.9 Å². The second kappa shape index (κ2) is 21.1. The van der Waals surface area contributed by atoms with Crippen LogP contribution in [0.15, 0.2) is 35.0 Å². The van der Waals surface area contributed by atoms with Crippen molar-refractivity contribution in [3.63, 3.8) is 0 Å². The van der Waals surface area contributed by atoms with Gasteiger partial charge in [0, 0.05) is 0 Å². The molecule has 3 atom stereocenters. The van der Waals surface area contributed by atoms with E-state index in [9.17, 15) is 98.9 Å². The number of halogens is 9. The summed E-state index contributed by atoms with van der Waals surface area (Å²) in [5, 5.41) is 57.1. The van der Waals surface area contributed by atoms with Crippen LogP contribution in [0.3, 0.4) is 0 Å². The Morgan fingerprint density at radius 2 is 0.526 bits per heavy atom. The second-order valence-electron chi connectivity index (χ2n) is 4.89. The van der Waals surface area contributed by atoms with Gasteiger partial charge in [0.15, 0.2) is 53.5 Å². The summed E-state index contributed by atoms with van der Waals surface area (Å²) in [4.78, 5) is 57.1. The van der Waals surface area contributed by atoms with Crippen molar-refractivity contribution in [2.75, 3.05) is 0 Å². The number of hydrogen-bond acceptors (Lipinski definition) is 12. The molecule has 0 bridgehead atoms. The molecule has 12 nitrogen and oxygen atoms in total. The molecule has 3 unspecified atom stereocenters. The Hall–Kier alpha value is -2.85. The largest absolute Gasteiger partial charge is 3.00 e. The topological polar surface area (TPSA) is 241 Å². The van der Waals surface area contributed by atoms with Gasteiger partial charge in [0.1, 0.15) is 17.9 Å². The standard InChI is InChI=1S/3C5H3F3O4.2In/c3*6-1(2(7)4(9)10)3(8)5(11)12;;/h3*2H,(H,9,10)(H,11,12);;/q;;;2*+3/p-6. The maximum absolute atomic E-state index is 12.0. The van der Waals surface area contributed by atoms with Crippen molar-refractivity contribution in [2.45, 2.75) is 18.5 Å². The molecule has 0 spiro atoms. The van der Waals surface area contributed by atoms with E-state index in [2.05, 4.69) is 0 Å². The van der Waals surface area contributed by atoms with E-state index in [1.807, 2.05) is 0 Å². The summed E-state index contributed by atoms with van der Waals surface area (Å²) in [6.45, 7) is 0. The Labute approximate surface area is 239 Å². The van der Waals surface area contributed by atoms with Crippen molar-refractivity contribution >= 4 is 87.5 Å². The van der Waals surface area contributed by atoms with Gasteiger partial charge in [-0.25, -0.2) is 39.5 Å². The Morgan fingerprint density at radius 1 is 0.395 bits per heavy atom. The van der Waals surface area contributed by atoms with E-state index >= 15 is 0 Å². The predicted molar refractivity (Wildman–Crippen MR) is 84.0 cm³/mol. The minimum absolute atomic E-state index is 0. The van der Waals surface area contributed by atoms with Crippen LogP contribution < -0.4 is 30.6 Å². The molecule has 0 saturated heterocycles. The van der Waals surface area contributed by atoms with Crippen molar-refractivity contribution in [1.29, 1.82) is 0 Å². The summed E-state index contributed by atoms with van der Waals surface area (Å²) >= 11 is 0. The fourth-order valence-corrected chi connectivity index (χ4v) is 0.937. The van der Waals surface area contributed by atoms with Gasteiger partial charge in [-0.2, -0.15) is 0 Å². The van der Waals surface area contributed by atoms with Crippen molar-refractivity contribution in [3.8, 4) is 0 Å². The van der Waals surface area contributed by atoms with Crippen LogP contribution in [0, 0.1) is 0 Å². The van der Waals surface area contributed by atoms with Crippen molar-refractivity contribution in [3.05, 3.63) is 35.0 Å². The molecule has 0 aromatic heterocycles. The predicted octanol–water partition coefficient (Wildman–Crippen LogP) is -6.84. The fraction of sp³-hybridized carbons (Fsp3) is 0.200. The zero-order valence-electron chi connectivity index (χ0n) is 17.2. The quantitative estimate of drug-likeness (QED) is 0.157. The van der Waals surface area contributed by atoms with Crippen molar-refractivity contribution in [1.82, 2.24) is 0 Å². The van der Waals surface area contributed by atoms with Gasteiger partial charge in [0.25, 0.3) is 0 Å². The van der Waals surface area contributed by atoms with E-state index < -0.39 is 89.3 Å². The minimum Gasteiger partial charge on any atom is -0.547 e. The molecule has 38 heavy (non-hydrogen) atoms. The van der Waals surface area contributed by atoms with Crippen LogP contribution in [0.4, 0.5) is 39.5 Å². The molecule has 0 amide bonds. The Kier molecular flexibility index (Phi) is 25.1. The molecule has 0 radical (unpaired) electrons. The molecule has 23 heteroatoms. The fourth-order valence-electron chi connectivity index (χ4n) is 0.937. The third-order valence-corrected chi connectivity index (χ3v) is 2.46. The van der Waals surface area contributed by atoms with E-state index in [4.69, 9.17) is 0 Å². The molecular weight excluding hydrogens is 773 g/mol. The second-order valence-corrected chi connectivity index (χ2v) is 4.89. The normalized spacial score (nSPS) is 14.1. The smallest absolute Gasteiger partial charge is 0.547 e. The first-order valence-electron chi connectivity index (χ1n) is 7.47. The van der Waals surface area contributed by atoms with Crippen LogP contribution in [0.25, 0.3) is 0 Å². The summed E-state index contributed by atoms with van der Waals surface area (Å²) in [6.07, 6.45) is -10.3. The number of carboxylic acid groups (broad SMARTS) is 6. The Morgan fingerprint density at radius 3 is 0.605 bits per heavy atom. The molecule has 0 aliphatic rings. The van der Waals surface area contributed by atoms with Crippen LogP contribution >= 0.6 is 0 Å². The van der Waals surface area contributed by atoms with E-state index in [0.717, 1.165) is 0 Å². The Balaban J connectivity index is -0.000000140. The first-order valence-corrected chi connectivity index (χ1v) is 7.47. The number of aliphatic carboxylic acids is 6.